The van der Waals surface area contributed by atoms with Gasteiger partial charge in [0.1, 0.15) is 177 Å². The summed E-state index contributed by atoms with van der Waals surface area (Å²) >= 11 is 0. The zero-order valence-corrected chi connectivity index (χ0v) is 48.2. The molecule has 0 unspecified atom stereocenters. The van der Waals surface area contributed by atoms with Gasteiger partial charge in [-0.1, -0.05) is 23.4 Å². The van der Waals surface area contributed by atoms with Crippen LogP contribution in [0.15, 0.2) is 36.5 Å². The van der Waals surface area contributed by atoms with Crippen LogP contribution in [0.1, 0.15) is 12.1 Å². The van der Waals surface area contributed by atoms with Crippen molar-refractivity contribution in [2.75, 3.05) is 46.2 Å². The SMILES string of the molecule is OC[C@H]1O[C@@H]2O[C@H]3[C@H](O)[C@@H](O)[C@@H](O[C@H]4[C@H](O)[C@@H](O)[C@@H](O[C@H]5[C@H](O)[C@@H](O)[C@@H](O[C@H]6[C@H](O)[C@@H](O)[C@@H](O[C@H]7[C@H](O)[C@@H](O)[C@@H](O[C@H]8[C@H](O)[C@@H](O)[C@@H](O[C@H]1[C@H](O)[C@H]2O)O[C@@H]8CO)O[C@@H]7CO)O[C@@H]6CO)O[C@@H]5Cn1cc(CCCOc2ccccc2)nn1)O[C@@H]4CO)O[C@@H]3CO. The molecule has 0 aliphatic carbocycles. The molecule has 20 N–H and O–H groups in total. The molecule has 1 aromatic carbocycles. The molecule has 0 radical (unpaired) electrons. The number of hydrogen-bond acceptors (Lipinski definition) is 37. The molecule has 14 bridgehead atoms. The Labute approximate surface area is 515 Å². The topological polar surface area (TPSA) is 574 Å². The molecule has 22 heterocycles. The summed E-state index contributed by atoms with van der Waals surface area (Å²) in [6, 6.07) is 9.01. The van der Waals surface area contributed by atoms with Crippen LogP contribution in [0, 0.1) is 0 Å². The van der Waals surface area contributed by atoms with Crippen molar-refractivity contribution in [3.05, 3.63) is 42.2 Å². The highest BCUT2D eigenvalue weighted by Gasteiger charge is 2.60. The van der Waals surface area contributed by atoms with Gasteiger partial charge >= 0.3 is 0 Å². The summed E-state index contributed by atoms with van der Waals surface area (Å²) in [5.74, 6) is 0.636. The fourth-order valence-electron chi connectivity index (χ4n) is 12.1. The van der Waals surface area contributed by atoms with E-state index < -0.39 is 261 Å². The molecule has 38 nitrogen and oxygen atoms in total. The monoisotopic (exact) mass is 1320 g/mol. The molecule has 21 aliphatic heterocycles. The first kappa shape index (κ1) is 70.6. The molecule has 21 fully saturated rings. The summed E-state index contributed by atoms with van der Waals surface area (Å²) in [7, 11) is 0. The maximum Gasteiger partial charge on any atom is 0.187 e. The van der Waals surface area contributed by atoms with Crippen LogP contribution in [0.25, 0.3) is 0 Å². The number of nitrogens with zero attached hydrogens (tertiary/aromatic N) is 3. The summed E-state index contributed by atoms with van der Waals surface area (Å²) in [5, 5.41) is 233. The number of aliphatic hydroxyl groups excluding tert-OH is 20. The van der Waals surface area contributed by atoms with Crippen molar-refractivity contribution in [2.45, 2.75) is 234 Å². The number of hydrogen-bond donors (Lipinski definition) is 20. The van der Waals surface area contributed by atoms with Gasteiger partial charge in [0.2, 0.25) is 0 Å². The van der Waals surface area contributed by atoms with Gasteiger partial charge in [-0.2, -0.15) is 0 Å². The van der Waals surface area contributed by atoms with E-state index in [2.05, 4.69) is 10.3 Å². The Morgan fingerprint density at radius 1 is 0.330 bits per heavy atom. The Bertz CT molecular complexity index is 2530. The van der Waals surface area contributed by atoms with Crippen molar-refractivity contribution in [1.82, 2.24) is 15.0 Å². The Hall–Kier alpha value is -3.20. The summed E-state index contributed by atoms with van der Waals surface area (Å²) < 4.78 is 88.8. The smallest absolute Gasteiger partial charge is 0.187 e. The van der Waals surface area contributed by atoms with Crippen molar-refractivity contribution in [3.8, 4) is 5.75 Å². The molecule has 0 spiro atoms. The van der Waals surface area contributed by atoms with Gasteiger partial charge in [-0.25, -0.2) is 4.68 Å². The molecule has 0 amide bonds. The molecule has 35 atom stereocenters. The van der Waals surface area contributed by atoms with Crippen LogP contribution >= 0.6 is 0 Å². The van der Waals surface area contributed by atoms with Gasteiger partial charge in [-0.05, 0) is 25.0 Å². The van der Waals surface area contributed by atoms with Gasteiger partial charge in [0, 0.05) is 6.20 Å². The number of benzene rings is 1. The van der Waals surface area contributed by atoms with Crippen LogP contribution in [0.3, 0.4) is 0 Å². The first-order valence-electron chi connectivity index (χ1n) is 29.5. The fourth-order valence-corrected chi connectivity index (χ4v) is 12.1. The minimum absolute atomic E-state index is 0.293. The molecule has 23 rings (SSSR count). The van der Waals surface area contributed by atoms with E-state index in [0.717, 1.165) is 0 Å². The Kier molecular flexibility index (Phi) is 24.0. The van der Waals surface area contributed by atoms with E-state index >= 15 is 0 Å². The maximum absolute atomic E-state index is 12.0. The predicted molar refractivity (Wildman–Crippen MR) is 282 cm³/mol. The van der Waals surface area contributed by atoms with Crippen LogP contribution in [0.2, 0.25) is 0 Å². The van der Waals surface area contributed by atoms with Crippen LogP contribution in [0.4, 0.5) is 0 Å². The lowest BCUT2D eigenvalue weighted by Crippen LogP contribution is -2.68. The Balaban J connectivity index is 0.934. The largest absolute Gasteiger partial charge is 0.494 e. The highest BCUT2D eigenvalue weighted by Crippen LogP contribution is 2.39. The van der Waals surface area contributed by atoms with Crippen molar-refractivity contribution in [1.29, 1.82) is 0 Å². The molecule has 21 aliphatic rings. The van der Waals surface area contributed by atoms with Crippen LogP contribution in [0.5, 0.6) is 5.75 Å². The molecule has 0 saturated carbocycles. The summed E-state index contributed by atoms with van der Waals surface area (Å²) in [6.45, 7) is -6.44. The predicted octanol–water partition coefficient (Wildman–Crippen LogP) is -12.9. The van der Waals surface area contributed by atoms with E-state index in [9.17, 15) is 102 Å². The first-order valence-corrected chi connectivity index (χ1v) is 29.5. The number of ether oxygens (including phenoxy) is 15. The molecule has 1 aromatic heterocycles. The zero-order chi connectivity index (χ0) is 65.3. The quantitative estimate of drug-likeness (QED) is 0.0828. The maximum atomic E-state index is 12.0. The van der Waals surface area contributed by atoms with E-state index in [1.165, 1.54) is 10.9 Å². The van der Waals surface area contributed by atoms with E-state index in [1.807, 2.05) is 18.2 Å². The van der Waals surface area contributed by atoms with Gasteiger partial charge in [-0.3, -0.25) is 0 Å². The van der Waals surface area contributed by atoms with Gasteiger partial charge in [0.15, 0.2) is 44.0 Å². The second kappa shape index (κ2) is 30.9. The lowest BCUT2D eigenvalue weighted by Gasteiger charge is -2.50. The molecule has 91 heavy (non-hydrogen) atoms. The number of aromatic nitrogens is 3. The Morgan fingerprint density at radius 2 is 0.582 bits per heavy atom. The highest BCUT2D eigenvalue weighted by molar-refractivity contribution is 5.21. The zero-order valence-electron chi connectivity index (χ0n) is 48.2. The van der Waals surface area contributed by atoms with Crippen LogP contribution in [-0.4, -0.2) is 378 Å². The third-order valence-corrected chi connectivity index (χ3v) is 17.1. The molecule has 21 saturated heterocycles. The molecular formula is C53H81N3O35. The summed E-state index contributed by atoms with van der Waals surface area (Å²) in [5.41, 5.74) is 0.447. The number of aryl methyl sites for hydroxylation is 1. The van der Waals surface area contributed by atoms with Crippen molar-refractivity contribution in [3.63, 3.8) is 0 Å². The second-order valence-electron chi connectivity index (χ2n) is 23.2. The average molecular weight is 1320 g/mol. The van der Waals surface area contributed by atoms with E-state index in [1.54, 1.807) is 12.1 Å². The lowest BCUT2D eigenvalue weighted by molar-refractivity contribution is -0.396. The van der Waals surface area contributed by atoms with Gasteiger partial charge in [-0.15, -0.1) is 5.10 Å². The number of para-hydroxylation sites is 1. The minimum atomic E-state index is -2.22. The van der Waals surface area contributed by atoms with Crippen LogP contribution < -0.4 is 4.74 Å². The lowest BCUT2D eigenvalue weighted by atomic mass is 9.95. The van der Waals surface area contributed by atoms with E-state index in [0.29, 0.717) is 30.9 Å². The molecule has 2 aromatic rings. The van der Waals surface area contributed by atoms with Crippen LogP contribution in [-0.2, 0) is 79.3 Å². The molecule has 38 heteroatoms. The molecule has 518 valence electrons. The average Bonchev–Trinajstić information content (AvgIpc) is 0.950. The summed E-state index contributed by atoms with van der Waals surface area (Å²) in [6.07, 6.45) is -68.1. The Morgan fingerprint density at radius 3 is 0.846 bits per heavy atom. The third kappa shape index (κ3) is 14.9. The fraction of sp³-hybridized carbons (Fsp3) is 0.849. The van der Waals surface area contributed by atoms with Gasteiger partial charge in [0.25, 0.3) is 0 Å². The van der Waals surface area contributed by atoms with Gasteiger partial charge in [0.05, 0.1) is 58.5 Å². The van der Waals surface area contributed by atoms with Gasteiger partial charge < -0.3 is 173 Å². The van der Waals surface area contributed by atoms with Crippen molar-refractivity contribution >= 4 is 0 Å². The third-order valence-electron chi connectivity index (χ3n) is 17.1. The first-order chi connectivity index (χ1) is 43.6. The highest BCUT2D eigenvalue weighted by atomic mass is 16.8. The molecular weight excluding hydrogens is 1240 g/mol. The minimum Gasteiger partial charge on any atom is -0.494 e. The number of aliphatic hydroxyl groups is 20. The number of rotatable bonds is 13. The van der Waals surface area contributed by atoms with Crippen molar-refractivity contribution < 1.29 is 173 Å². The standard InChI is InChI=1S/C53H81N3O35/c57-11-20-41-28(65)35(72)49(80-20)88-43-22(13-59)82-51(37(74)30(43)67)90-45-24(15-61)84-53(39(76)32(45)69)91-46-25(16-62)83-52(38(75)31(46)68)89-44-23(14-60)81-50(36(73)29(44)66)87-42-21(12-58)79-48(34(71)27(42)64)85-40-19(78-47(86-41)33(70)26(40)63)10-56-9-17(54-55-56)5-4-8-77-18-6-2-1-3-7-18/h1-3,6-7,9,19-53,57-76H,4-5,8,10-16H2/t19-,20-,21-,22-,23-,24-,25-,26-,27-,28-,29-,30-,31-,32-,33-,34-,35-,36-,37-,38-,39-,40-,41-,42-,43-,44-,45-,46-,47-,48-,49-,50-,51-,52-,53-/m1/s1. The second-order valence-corrected chi connectivity index (χ2v) is 23.2. The van der Waals surface area contributed by atoms with E-state index in [4.69, 9.17) is 71.1 Å². The van der Waals surface area contributed by atoms with E-state index in [-0.39, 0.29) is 0 Å². The van der Waals surface area contributed by atoms with Crippen molar-refractivity contribution in [2.24, 2.45) is 0 Å². The summed E-state index contributed by atoms with van der Waals surface area (Å²) in [4.78, 5) is 0. The normalized spacial score (nSPS) is 48.6.